The van der Waals surface area contributed by atoms with E-state index in [9.17, 15) is 9.90 Å². The van der Waals surface area contributed by atoms with Crippen molar-refractivity contribution in [3.05, 3.63) is 28.2 Å². The molecule has 0 heterocycles. The number of carbonyl (C=O) groups is 1. The van der Waals surface area contributed by atoms with Crippen LogP contribution in [0.25, 0.3) is 0 Å². The average molecular weight is 286 g/mol. The molecule has 1 rings (SSSR count). The second-order valence-corrected chi connectivity index (χ2v) is 5.27. The molecular weight excluding hydrogens is 270 g/mol. The van der Waals surface area contributed by atoms with Crippen molar-refractivity contribution in [1.29, 1.82) is 0 Å². The van der Waals surface area contributed by atoms with Gasteiger partial charge in [0.15, 0.2) is 6.29 Å². The van der Waals surface area contributed by atoms with Crippen LogP contribution in [0.1, 0.15) is 24.2 Å². The number of carbonyl (C=O) groups excluding carboxylic acids is 1. The molecule has 1 aromatic carbocycles. The topological polar surface area (TPSA) is 40.5 Å². The van der Waals surface area contributed by atoms with Gasteiger partial charge in [0.05, 0.1) is 12.1 Å². The molecule has 0 aliphatic carbocycles. The first-order valence-corrected chi connectivity index (χ1v) is 5.81. The molecule has 0 aromatic heterocycles. The molecule has 0 saturated heterocycles. The normalized spacial score (nSPS) is 11.3. The van der Waals surface area contributed by atoms with Crippen LogP contribution < -0.4 is 4.90 Å². The largest absolute Gasteiger partial charge is 0.394 e. The molecule has 0 radical (unpaired) electrons. The number of anilines is 1. The molecular formula is C12H16BrNO2. The number of likely N-dealkylation sites (N-methyl/N-ethyl adjacent to an activating group) is 1. The molecule has 88 valence electrons. The maximum absolute atomic E-state index is 11.0. The molecule has 1 aromatic rings. The Labute approximate surface area is 104 Å². The molecule has 0 aliphatic rings. The van der Waals surface area contributed by atoms with E-state index < -0.39 is 5.54 Å². The number of aliphatic hydroxyl groups is 1. The Morgan fingerprint density at radius 2 is 2.12 bits per heavy atom. The summed E-state index contributed by atoms with van der Waals surface area (Å²) >= 11 is 3.33. The van der Waals surface area contributed by atoms with Gasteiger partial charge in [0.25, 0.3) is 0 Å². The number of halogens is 1. The molecule has 0 unspecified atom stereocenters. The summed E-state index contributed by atoms with van der Waals surface area (Å²) in [5.41, 5.74) is 1.03. The van der Waals surface area contributed by atoms with Crippen molar-refractivity contribution in [3.63, 3.8) is 0 Å². The number of hydrogen-bond donors (Lipinski definition) is 1. The van der Waals surface area contributed by atoms with Crippen molar-refractivity contribution in [3.8, 4) is 0 Å². The summed E-state index contributed by atoms with van der Waals surface area (Å²) in [6.07, 6.45) is 0.823. The van der Waals surface area contributed by atoms with Crippen molar-refractivity contribution in [2.24, 2.45) is 0 Å². The zero-order valence-electron chi connectivity index (χ0n) is 9.70. The number of aldehydes is 1. The lowest BCUT2D eigenvalue weighted by Crippen LogP contribution is -2.44. The van der Waals surface area contributed by atoms with Crippen LogP contribution >= 0.6 is 15.9 Å². The number of nitrogens with zero attached hydrogens (tertiary/aromatic N) is 1. The molecule has 16 heavy (non-hydrogen) atoms. The van der Waals surface area contributed by atoms with Crippen LogP contribution in [-0.4, -0.2) is 30.6 Å². The third-order valence-electron chi connectivity index (χ3n) is 2.77. The number of aliphatic hydroxyl groups excluding tert-OH is 1. The fourth-order valence-electron chi connectivity index (χ4n) is 1.36. The zero-order valence-corrected chi connectivity index (χ0v) is 11.3. The SMILES string of the molecule is CN(c1ccc(Br)cc1C=O)C(C)(C)CO. The fourth-order valence-corrected chi connectivity index (χ4v) is 1.74. The number of rotatable bonds is 4. The van der Waals surface area contributed by atoms with Crippen LogP contribution in [0.15, 0.2) is 22.7 Å². The lowest BCUT2D eigenvalue weighted by atomic mass is 10.0. The molecule has 0 fully saturated rings. The van der Waals surface area contributed by atoms with Gasteiger partial charge in [-0.05, 0) is 32.0 Å². The van der Waals surface area contributed by atoms with Crippen LogP contribution in [0.5, 0.6) is 0 Å². The summed E-state index contributed by atoms with van der Waals surface area (Å²) in [6.45, 7) is 3.87. The zero-order chi connectivity index (χ0) is 12.3. The third kappa shape index (κ3) is 2.62. The minimum absolute atomic E-state index is 0.0257. The van der Waals surface area contributed by atoms with E-state index >= 15 is 0 Å². The van der Waals surface area contributed by atoms with Gasteiger partial charge in [-0.1, -0.05) is 15.9 Å². The summed E-state index contributed by atoms with van der Waals surface area (Å²) in [4.78, 5) is 12.9. The predicted molar refractivity (Wildman–Crippen MR) is 69.1 cm³/mol. The maximum atomic E-state index is 11.0. The quantitative estimate of drug-likeness (QED) is 0.864. The van der Waals surface area contributed by atoms with Crippen LogP contribution in [-0.2, 0) is 0 Å². The van der Waals surface area contributed by atoms with Gasteiger partial charge >= 0.3 is 0 Å². The monoisotopic (exact) mass is 285 g/mol. The van der Waals surface area contributed by atoms with Crippen molar-refractivity contribution in [2.75, 3.05) is 18.6 Å². The average Bonchev–Trinajstić information content (AvgIpc) is 2.27. The van der Waals surface area contributed by atoms with Gasteiger partial charge in [-0.15, -0.1) is 0 Å². The van der Waals surface area contributed by atoms with E-state index in [1.54, 1.807) is 6.07 Å². The lowest BCUT2D eigenvalue weighted by Gasteiger charge is -2.36. The van der Waals surface area contributed by atoms with E-state index in [4.69, 9.17) is 0 Å². The highest BCUT2D eigenvalue weighted by Gasteiger charge is 2.24. The van der Waals surface area contributed by atoms with Crippen molar-refractivity contribution < 1.29 is 9.90 Å². The molecule has 0 aliphatic heterocycles. The molecule has 0 bridgehead atoms. The van der Waals surface area contributed by atoms with Gasteiger partial charge in [0.1, 0.15) is 0 Å². The van der Waals surface area contributed by atoms with E-state index in [1.807, 2.05) is 37.9 Å². The van der Waals surface area contributed by atoms with E-state index in [0.717, 1.165) is 16.4 Å². The first-order valence-electron chi connectivity index (χ1n) is 5.02. The molecule has 3 nitrogen and oxygen atoms in total. The van der Waals surface area contributed by atoms with Crippen molar-refractivity contribution >= 4 is 27.9 Å². The van der Waals surface area contributed by atoms with E-state index in [1.165, 1.54) is 0 Å². The van der Waals surface area contributed by atoms with Crippen molar-refractivity contribution in [1.82, 2.24) is 0 Å². The standard InChI is InChI=1S/C12H16BrNO2/c1-12(2,8-16)14(3)11-5-4-10(13)6-9(11)7-15/h4-7,16H,8H2,1-3H3. The Bertz CT molecular complexity index is 391. The lowest BCUT2D eigenvalue weighted by molar-refractivity contribution is 0.112. The van der Waals surface area contributed by atoms with Gasteiger partial charge < -0.3 is 10.0 Å². The van der Waals surface area contributed by atoms with Crippen LogP contribution in [0.3, 0.4) is 0 Å². The molecule has 0 amide bonds. The number of benzene rings is 1. The third-order valence-corrected chi connectivity index (χ3v) is 3.27. The maximum Gasteiger partial charge on any atom is 0.152 e. The van der Waals surface area contributed by atoms with Gasteiger partial charge in [0, 0.05) is 22.8 Å². The highest BCUT2D eigenvalue weighted by Crippen LogP contribution is 2.27. The molecule has 0 spiro atoms. The van der Waals surface area contributed by atoms with E-state index in [2.05, 4.69) is 15.9 Å². The Morgan fingerprint density at radius 3 is 2.62 bits per heavy atom. The highest BCUT2D eigenvalue weighted by molar-refractivity contribution is 9.10. The van der Waals surface area contributed by atoms with Crippen LogP contribution in [0.2, 0.25) is 0 Å². The summed E-state index contributed by atoms with van der Waals surface area (Å²) in [5.74, 6) is 0. The molecule has 0 atom stereocenters. The van der Waals surface area contributed by atoms with Gasteiger partial charge in [0.2, 0.25) is 0 Å². The predicted octanol–water partition coefficient (Wildman–Crippen LogP) is 2.47. The fraction of sp³-hybridized carbons (Fsp3) is 0.417. The van der Waals surface area contributed by atoms with E-state index in [-0.39, 0.29) is 6.61 Å². The summed E-state index contributed by atoms with van der Waals surface area (Å²) in [5, 5.41) is 9.30. The number of hydrogen-bond acceptors (Lipinski definition) is 3. The first kappa shape index (κ1) is 13.2. The Kier molecular flexibility index (Phi) is 4.10. The summed E-state index contributed by atoms with van der Waals surface area (Å²) < 4.78 is 0.869. The Hall–Kier alpha value is -0.870. The Balaban J connectivity index is 3.18. The molecule has 1 N–H and O–H groups in total. The van der Waals surface area contributed by atoms with Crippen molar-refractivity contribution in [2.45, 2.75) is 19.4 Å². The van der Waals surface area contributed by atoms with Crippen LogP contribution in [0, 0.1) is 0 Å². The van der Waals surface area contributed by atoms with Gasteiger partial charge in [-0.25, -0.2) is 0 Å². The van der Waals surface area contributed by atoms with Gasteiger partial charge in [-0.2, -0.15) is 0 Å². The summed E-state index contributed by atoms with van der Waals surface area (Å²) in [7, 11) is 1.87. The minimum Gasteiger partial charge on any atom is -0.394 e. The van der Waals surface area contributed by atoms with Gasteiger partial charge in [-0.3, -0.25) is 4.79 Å². The smallest absolute Gasteiger partial charge is 0.152 e. The first-order chi connectivity index (χ1) is 7.42. The molecule has 0 saturated carbocycles. The van der Waals surface area contributed by atoms with E-state index in [0.29, 0.717) is 5.56 Å². The summed E-state index contributed by atoms with van der Waals surface area (Å²) in [6, 6.07) is 5.52. The minimum atomic E-state index is -0.397. The second-order valence-electron chi connectivity index (χ2n) is 4.35. The second kappa shape index (κ2) is 4.97. The van der Waals surface area contributed by atoms with Crippen LogP contribution in [0.4, 0.5) is 5.69 Å². The highest BCUT2D eigenvalue weighted by atomic mass is 79.9. The molecule has 4 heteroatoms. The Morgan fingerprint density at radius 1 is 1.50 bits per heavy atom.